The van der Waals surface area contributed by atoms with Gasteiger partial charge in [-0.1, -0.05) is 134 Å². The summed E-state index contributed by atoms with van der Waals surface area (Å²) in [5, 5.41) is 2.26. The van der Waals surface area contributed by atoms with Gasteiger partial charge >= 0.3 is 21.1 Å². The van der Waals surface area contributed by atoms with Crippen molar-refractivity contribution >= 4 is 21.8 Å². The van der Waals surface area contributed by atoms with Crippen LogP contribution in [-0.4, -0.2) is 15.0 Å². The molecule has 0 unspecified atom stereocenters. The molecule has 52 heavy (non-hydrogen) atoms. The Morgan fingerprint density at radius 1 is 0.577 bits per heavy atom. The monoisotopic (exact) mass is 863 g/mol. The minimum absolute atomic E-state index is 0. The fourth-order valence-corrected chi connectivity index (χ4v) is 7.12. The summed E-state index contributed by atoms with van der Waals surface area (Å²) in [6.45, 7) is 22.8. The van der Waals surface area contributed by atoms with Crippen molar-refractivity contribution in [2.75, 3.05) is 0 Å². The van der Waals surface area contributed by atoms with Crippen LogP contribution in [0.3, 0.4) is 0 Å². The Morgan fingerprint density at radius 2 is 1.12 bits per heavy atom. The van der Waals surface area contributed by atoms with Crippen LogP contribution in [0.25, 0.3) is 66.7 Å². The van der Waals surface area contributed by atoms with Gasteiger partial charge in [-0.25, -0.2) is 9.97 Å². The van der Waals surface area contributed by atoms with Crippen molar-refractivity contribution in [3.63, 3.8) is 0 Å². The van der Waals surface area contributed by atoms with Crippen LogP contribution in [0.1, 0.15) is 103 Å². The molecule has 266 valence electrons. The van der Waals surface area contributed by atoms with E-state index in [2.05, 4.69) is 136 Å². The van der Waals surface area contributed by atoms with Crippen molar-refractivity contribution in [3.8, 4) is 44.9 Å². The molecule has 0 spiro atoms. The van der Waals surface area contributed by atoms with Crippen molar-refractivity contribution in [1.82, 2.24) is 19.9 Å². The summed E-state index contributed by atoms with van der Waals surface area (Å²) in [4.78, 5) is 19.7. The summed E-state index contributed by atoms with van der Waals surface area (Å²) in [6.07, 6.45) is 5.48. The Morgan fingerprint density at radius 3 is 1.65 bits per heavy atom. The molecule has 4 aromatic carbocycles. The number of rotatable bonds is 6. The first-order chi connectivity index (χ1) is 24.2. The fourth-order valence-electron chi connectivity index (χ4n) is 7.12. The van der Waals surface area contributed by atoms with Crippen LogP contribution < -0.4 is 4.98 Å². The zero-order chi connectivity index (χ0) is 36.2. The summed E-state index contributed by atoms with van der Waals surface area (Å²) >= 11 is 0. The van der Waals surface area contributed by atoms with E-state index in [4.69, 9.17) is 19.9 Å². The van der Waals surface area contributed by atoms with Gasteiger partial charge in [0.15, 0.2) is 5.82 Å². The average molecular weight is 864 g/mol. The first-order valence-corrected chi connectivity index (χ1v) is 18.2. The van der Waals surface area contributed by atoms with Gasteiger partial charge in [-0.05, 0) is 79.5 Å². The standard InChI is InChI=1S/C47H48N4.Pt/c1-28(2)35-15-13-16-36(29(3)4)42(35)32-22-30(21-31(23-32)41-17-11-12-18-48-41)37-24-33(46(5,6)7)25-38-39-26-34(47(8,9)10)27-40(44(39)51-43(37)38)45-49-19-14-20-50-45;/h11-20,22-29H,1-10H3;/q-2;+2. The Labute approximate surface area is 323 Å². The summed E-state index contributed by atoms with van der Waals surface area (Å²) in [7, 11) is 0. The molecule has 0 fully saturated rings. The maximum Gasteiger partial charge on any atom is 2.00 e. The minimum atomic E-state index is -0.101. The van der Waals surface area contributed by atoms with Gasteiger partial charge in [0, 0.05) is 29.8 Å². The summed E-state index contributed by atoms with van der Waals surface area (Å²) in [5.41, 5.74) is 14.3. The number of benzene rings is 4. The van der Waals surface area contributed by atoms with Gasteiger partial charge in [-0.15, -0.1) is 29.3 Å². The van der Waals surface area contributed by atoms with Gasteiger partial charge < -0.3 is 4.98 Å². The van der Waals surface area contributed by atoms with Gasteiger partial charge in [0.25, 0.3) is 0 Å². The van der Waals surface area contributed by atoms with Crippen molar-refractivity contribution in [2.45, 2.75) is 91.9 Å². The molecule has 0 saturated heterocycles. The molecule has 0 saturated carbocycles. The molecule has 0 aliphatic carbocycles. The molecule has 0 N–H and O–H groups in total. The second-order valence-electron chi connectivity index (χ2n) is 16.6. The van der Waals surface area contributed by atoms with E-state index in [9.17, 15) is 0 Å². The smallest absolute Gasteiger partial charge is 0.662 e. The molecule has 0 aliphatic heterocycles. The Balaban J connectivity index is 0.00000464. The molecule has 3 heterocycles. The van der Waals surface area contributed by atoms with E-state index in [1.54, 1.807) is 0 Å². The molecule has 3 aromatic heterocycles. The maximum atomic E-state index is 5.49. The van der Waals surface area contributed by atoms with Crippen molar-refractivity contribution in [3.05, 3.63) is 126 Å². The van der Waals surface area contributed by atoms with Crippen molar-refractivity contribution in [1.29, 1.82) is 0 Å². The molecule has 0 radical (unpaired) electrons. The molecule has 0 aliphatic rings. The number of hydrogen-bond acceptors (Lipinski definition) is 3. The summed E-state index contributed by atoms with van der Waals surface area (Å²) in [5.74, 6) is 1.41. The fraction of sp³-hybridized carbons (Fsp3) is 0.298. The van der Waals surface area contributed by atoms with Gasteiger partial charge in [0.1, 0.15) is 0 Å². The SMILES string of the molecule is CC(C)c1cccc(C(C)C)c1-c1cc(-c2ccccn2)[c-]c(-c2cc(C(C)(C)C)cc3c2[n-]c2c(-c4ncccn4)cc(C(C)(C)C)cc23)c1.[Pt+2]. The van der Waals surface area contributed by atoms with Crippen molar-refractivity contribution < 1.29 is 21.1 Å². The predicted octanol–water partition coefficient (Wildman–Crippen LogP) is 12.4. The summed E-state index contributed by atoms with van der Waals surface area (Å²) < 4.78 is 0. The summed E-state index contributed by atoms with van der Waals surface area (Å²) in [6, 6.07) is 32.5. The second-order valence-corrected chi connectivity index (χ2v) is 16.6. The van der Waals surface area contributed by atoms with Crippen molar-refractivity contribution in [2.24, 2.45) is 0 Å². The van der Waals surface area contributed by atoms with Gasteiger partial charge in [-0.2, -0.15) is 5.52 Å². The van der Waals surface area contributed by atoms with Crippen LogP contribution in [0.4, 0.5) is 0 Å². The number of aromatic nitrogens is 4. The largest absolute Gasteiger partial charge is 2.00 e. The molecule has 4 nitrogen and oxygen atoms in total. The maximum absolute atomic E-state index is 5.49. The molecule has 7 rings (SSSR count). The Kier molecular flexibility index (Phi) is 10.2. The zero-order valence-electron chi connectivity index (χ0n) is 32.0. The van der Waals surface area contributed by atoms with Crippen LogP contribution in [0.15, 0.2) is 97.5 Å². The molecule has 7 aromatic rings. The number of fused-ring (bicyclic) bond motifs is 3. The molecule has 5 heteroatoms. The Hall–Kier alpha value is -4.40. The van der Waals surface area contributed by atoms with Crippen LogP contribution in [-0.2, 0) is 31.9 Å². The van der Waals surface area contributed by atoms with Crippen LogP contribution in [0, 0.1) is 6.07 Å². The van der Waals surface area contributed by atoms with E-state index in [0.717, 1.165) is 49.8 Å². The molecule has 0 amide bonds. The quantitative estimate of drug-likeness (QED) is 0.156. The number of pyridine rings is 1. The third-order valence-corrected chi connectivity index (χ3v) is 10.0. The first kappa shape index (κ1) is 37.4. The number of nitrogens with zero attached hydrogens (tertiary/aromatic N) is 4. The molecular weight excluding hydrogens is 816 g/mol. The zero-order valence-corrected chi connectivity index (χ0v) is 34.3. The Bertz CT molecular complexity index is 2350. The first-order valence-electron chi connectivity index (χ1n) is 18.2. The van der Waals surface area contributed by atoms with E-state index in [1.807, 2.05) is 36.8 Å². The van der Waals surface area contributed by atoms with Crippen LogP contribution in [0.2, 0.25) is 0 Å². The van der Waals surface area contributed by atoms with E-state index in [-0.39, 0.29) is 31.9 Å². The van der Waals surface area contributed by atoms with E-state index in [0.29, 0.717) is 17.7 Å². The van der Waals surface area contributed by atoms with E-state index in [1.165, 1.54) is 33.4 Å². The van der Waals surface area contributed by atoms with Gasteiger partial charge in [0.2, 0.25) is 0 Å². The van der Waals surface area contributed by atoms with E-state index >= 15 is 0 Å². The van der Waals surface area contributed by atoms with Gasteiger partial charge in [0.05, 0.1) is 0 Å². The van der Waals surface area contributed by atoms with Crippen LogP contribution in [0.5, 0.6) is 0 Å². The van der Waals surface area contributed by atoms with Crippen LogP contribution >= 0.6 is 0 Å². The third kappa shape index (κ3) is 7.03. The number of hydrogen-bond donors (Lipinski definition) is 0. The average Bonchev–Trinajstić information content (AvgIpc) is 3.49. The molecule has 0 atom stereocenters. The predicted molar refractivity (Wildman–Crippen MR) is 214 cm³/mol. The van der Waals surface area contributed by atoms with E-state index < -0.39 is 0 Å². The second kappa shape index (κ2) is 14.2. The normalized spacial score (nSPS) is 12.2. The third-order valence-electron chi connectivity index (χ3n) is 10.0. The molecular formula is C47H48N4Pt. The minimum Gasteiger partial charge on any atom is -0.662 e. The van der Waals surface area contributed by atoms with Gasteiger partial charge in [-0.3, -0.25) is 4.98 Å². The topological polar surface area (TPSA) is 52.8 Å². The molecule has 0 bridgehead atoms.